The summed E-state index contributed by atoms with van der Waals surface area (Å²) < 4.78 is 40.1. The van der Waals surface area contributed by atoms with Crippen LogP contribution in [0.1, 0.15) is 12.0 Å². The number of aliphatic hydroxyl groups excluding tert-OH is 1. The zero-order valence-electron chi connectivity index (χ0n) is 10.3. The van der Waals surface area contributed by atoms with Crippen molar-refractivity contribution in [3.05, 3.63) is 34.9 Å². The summed E-state index contributed by atoms with van der Waals surface area (Å²) >= 11 is 5.84. The fourth-order valence-corrected chi connectivity index (χ4v) is 1.91. The zero-order chi connectivity index (χ0) is 14.3. The smallest absolute Gasteiger partial charge is 0.396 e. The molecule has 1 rings (SSSR count). The maximum absolute atomic E-state index is 11.9. The lowest BCUT2D eigenvalue weighted by Gasteiger charge is -2.15. The van der Waals surface area contributed by atoms with E-state index in [0.717, 1.165) is 5.56 Å². The lowest BCUT2D eigenvalue weighted by Crippen LogP contribution is -2.19. The molecule has 2 nitrogen and oxygen atoms in total. The number of benzene rings is 1. The monoisotopic (exact) mass is 296 g/mol. The molecule has 0 radical (unpaired) electrons. The van der Waals surface area contributed by atoms with Gasteiger partial charge in [0.1, 0.15) is 6.61 Å². The lowest BCUT2D eigenvalue weighted by molar-refractivity contribution is -0.174. The van der Waals surface area contributed by atoms with Crippen LogP contribution in [-0.2, 0) is 11.2 Å². The van der Waals surface area contributed by atoms with Crippen LogP contribution in [0.3, 0.4) is 0 Å². The van der Waals surface area contributed by atoms with Crippen LogP contribution in [0.4, 0.5) is 13.2 Å². The first-order valence-corrected chi connectivity index (χ1v) is 6.28. The van der Waals surface area contributed by atoms with E-state index in [0.29, 0.717) is 17.9 Å². The van der Waals surface area contributed by atoms with E-state index < -0.39 is 12.8 Å². The van der Waals surface area contributed by atoms with Gasteiger partial charge < -0.3 is 9.84 Å². The van der Waals surface area contributed by atoms with Crippen LogP contribution in [0.25, 0.3) is 0 Å². The van der Waals surface area contributed by atoms with Crippen molar-refractivity contribution in [2.24, 2.45) is 5.92 Å². The number of ether oxygens (including phenoxy) is 1. The Balaban J connectivity index is 2.34. The van der Waals surface area contributed by atoms with Gasteiger partial charge in [0, 0.05) is 18.2 Å². The first kappa shape index (κ1) is 16.3. The summed E-state index contributed by atoms with van der Waals surface area (Å²) in [5, 5.41) is 9.80. The maximum Gasteiger partial charge on any atom is 0.411 e. The van der Waals surface area contributed by atoms with Gasteiger partial charge in [-0.05, 0) is 36.5 Å². The molecule has 0 aliphatic rings. The van der Waals surface area contributed by atoms with Crippen LogP contribution < -0.4 is 0 Å². The van der Waals surface area contributed by atoms with E-state index in [4.69, 9.17) is 11.6 Å². The van der Waals surface area contributed by atoms with E-state index >= 15 is 0 Å². The van der Waals surface area contributed by atoms with E-state index in [-0.39, 0.29) is 19.1 Å². The second kappa shape index (κ2) is 7.72. The topological polar surface area (TPSA) is 29.5 Å². The number of hydrogen-bond acceptors (Lipinski definition) is 2. The van der Waals surface area contributed by atoms with Crippen LogP contribution in [0.15, 0.2) is 24.3 Å². The molecule has 0 saturated carbocycles. The number of rotatable bonds is 7. The van der Waals surface area contributed by atoms with E-state index in [1.807, 2.05) is 6.07 Å². The Morgan fingerprint density at radius 1 is 1.32 bits per heavy atom. The summed E-state index contributed by atoms with van der Waals surface area (Å²) in [5.74, 6) is -0.133. The normalized spacial score (nSPS) is 13.5. The van der Waals surface area contributed by atoms with Gasteiger partial charge in [0.2, 0.25) is 0 Å². The van der Waals surface area contributed by atoms with Crippen molar-refractivity contribution in [2.45, 2.75) is 19.0 Å². The number of alkyl halides is 3. The highest BCUT2D eigenvalue weighted by Gasteiger charge is 2.27. The Morgan fingerprint density at radius 3 is 2.63 bits per heavy atom. The average Bonchev–Trinajstić information content (AvgIpc) is 2.32. The summed E-state index contributed by atoms with van der Waals surface area (Å²) in [7, 11) is 0. The van der Waals surface area contributed by atoms with Gasteiger partial charge in [-0.15, -0.1) is 0 Å². The quantitative estimate of drug-likeness (QED) is 0.781. The van der Waals surface area contributed by atoms with Crippen LogP contribution in [0.2, 0.25) is 5.02 Å². The molecule has 6 heteroatoms. The molecule has 1 N–H and O–H groups in total. The van der Waals surface area contributed by atoms with Crippen LogP contribution in [0, 0.1) is 5.92 Å². The van der Waals surface area contributed by atoms with Crippen molar-refractivity contribution in [2.75, 3.05) is 19.8 Å². The molecule has 1 unspecified atom stereocenters. The molecule has 0 bridgehead atoms. The SMILES string of the molecule is OCC(CCOCC(F)(F)F)Cc1cccc(Cl)c1. The minimum Gasteiger partial charge on any atom is -0.396 e. The maximum atomic E-state index is 11.9. The lowest BCUT2D eigenvalue weighted by atomic mass is 9.97. The highest BCUT2D eigenvalue weighted by molar-refractivity contribution is 6.30. The fourth-order valence-electron chi connectivity index (χ4n) is 1.69. The molecule has 1 atom stereocenters. The van der Waals surface area contributed by atoms with Gasteiger partial charge in [0.25, 0.3) is 0 Å². The van der Waals surface area contributed by atoms with E-state index in [1.165, 1.54) is 0 Å². The molecule has 0 fully saturated rings. The molecule has 0 spiro atoms. The van der Waals surface area contributed by atoms with Crippen LogP contribution >= 0.6 is 11.6 Å². The molecule has 0 aromatic heterocycles. The third kappa shape index (κ3) is 7.40. The second-order valence-electron chi connectivity index (χ2n) is 4.34. The zero-order valence-corrected chi connectivity index (χ0v) is 11.0. The van der Waals surface area contributed by atoms with Crippen molar-refractivity contribution in [3.63, 3.8) is 0 Å². The third-order valence-electron chi connectivity index (χ3n) is 2.61. The summed E-state index contributed by atoms with van der Waals surface area (Å²) in [6.45, 7) is -1.37. The Morgan fingerprint density at radius 2 is 2.05 bits per heavy atom. The van der Waals surface area contributed by atoms with E-state index in [1.54, 1.807) is 18.2 Å². The Kier molecular flexibility index (Phi) is 6.62. The summed E-state index contributed by atoms with van der Waals surface area (Å²) in [6.07, 6.45) is -3.37. The van der Waals surface area contributed by atoms with Crippen molar-refractivity contribution in [1.82, 2.24) is 0 Å². The van der Waals surface area contributed by atoms with Crippen LogP contribution in [-0.4, -0.2) is 31.1 Å². The summed E-state index contributed by atoms with van der Waals surface area (Å²) in [6, 6.07) is 7.18. The number of halogens is 4. The average molecular weight is 297 g/mol. The Labute approximate surface area is 115 Å². The largest absolute Gasteiger partial charge is 0.411 e. The van der Waals surface area contributed by atoms with Gasteiger partial charge in [0.15, 0.2) is 0 Å². The van der Waals surface area contributed by atoms with Gasteiger partial charge >= 0.3 is 6.18 Å². The molecule has 0 aliphatic heterocycles. The second-order valence-corrected chi connectivity index (χ2v) is 4.78. The Hall–Kier alpha value is -0.780. The first-order valence-electron chi connectivity index (χ1n) is 5.90. The molecule has 0 aliphatic carbocycles. The molecule has 1 aromatic rings. The predicted molar refractivity (Wildman–Crippen MR) is 67.2 cm³/mol. The van der Waals surface area contributed by atoms with Crippen molar-refractivity contribution in [1.29, 1.82) is 0 Å². The van der Waals surface area contributed by atoms with E-state index in [2.05, 4.69) is 4.74 Å². The molecular weight excluding hydrogens is 281 g/mol. The minimum absolute atomic E-state index is 0.0225. The van der Waals surface area contributed by atoms with Gasteiger partial charge in [0.05, 0.1) is 0 Å². The molecule has 0 saturated heterocycles. The minimum atomic E-state index is -4.30. The summed E-state index contributed by atoms with van der Waals surface area (Å²) in [4.78, 5) is 0. The molecule has 0 heterocycles. The van der Waals surface area contributed by atoms with Gasteiger partial charge in [-0.3, -0.25) is 0 Å². The fraction of sp³-hybridized carbons (Fsp3) is 0.538. The molecule has 19 heavy (non-hydrogen) atoms. The highest BCUT2D eigenvalue weighted by atomic mass is 35.5. The van der Waals surface area contributed by atoms with Gasteiger partial charge in [-0.2, -0.15) is 13.2 Å². The predicted octanol–water partition coefficient (Wildman–Crippen LogP) is 3.46. The third-order valence-corrected chi connectivity index (χ3v) is 2.84. The highest BCUT2D eigenvalue weighted by Crippen LogP contribution is 2.18. The van der Waals surface area contributed by atoms with Crippen molar-refractivity contribution >= 4 is 11.6 Å². The molecule has 0 amide bonds. The number of aliphatic hydroxyl groups is 1. The van der Waals surface area contributed by atoms with Crippen molar-refractivity contribution in [3.8, 4) is 0 Å². The van der Waals surface area contributed by atoms with E-state index in [9.17, 15) is 18.3 Å². The van der Waals surface area contributed by atoms with Gasteiger partial charge in [-0.1, -0.05) is 23.7 Å². The first-order chi connectivity index (χ1) is 8.90. The Bertz CT molecular complexity index is 382. The van der Waals surface area contributed by atoms with Crippen LogP contribution in [0.5, 0.6) is 0 Å². The number of hydrogen-bond donors (Lipinski definition) is 1. The van der Waals surface area contributed by atoms with Gasteiger partial charge in [-0.25, -0.2) is 0 Å². The molecular formula is C13H16ClF3O2. The standard InChI is InChI=1S/C13H16ClF3O2/c14-12-3-1-2-10(7-12)6-11(8-18)4-5-19-9-13(15,16)17/h1-3,7,11,18H,4-6,8-9H2. The summed E-state index contributed by atoms with van der Waals surface area (Å²) in [5.41, 5.74) is 0.947. The molecule has 1 aromatic carbocycles. The molecule has 108 valence electrons. The van der Waals surface area contributed by atoms with Crippen molar-refractivity contribution < 1.29 is 23.0 Å².